The van der Waals surface area contributed by atoms with Crippen LogP contribution in [0.4, 0.5) is 4.39 Å². The molecule has 0 aliphatic heterocycles. The predicted molar refractivity (Wildman–Crippen MR) is 124 cm³/mol. The van der Waals surface area contributed by atoms with E-state index in [0.717, 1.165) is 23.5 Å². The molecule has 1 fully saturated rings. The second kappa shape index (κ2) is 11.3. The Morgan fingerprint density at radius 2 is 1.90 bits per heavy atom. The second-order valence-electron chi connectivity index (χ2n) is 7.23. The van der Waals surface area contributed by atoms with Crippen LogP contribution in [0.5, 0.6) is 5.75 Å². The molecule has 2 aromatic rings. The third-order valence-electron chi connectivity index (χ3n) is 4.80. The second-order valence-corrected chi connectivity index (χ2v) is 7.23. The molecule has 0 radical (unpaired) electrons. The van der Waals surface area contributed by atoms with Crippen molar-refractivity contribution in [2.45, 2.75) is 39.5 Å². The Labute approximate surface area is 188 Å². The summed E-state index contributed by atoms with van der Waals surface area (Å²) in [5.74, 6) is 1.87. The zero-order chi connectivity index (χ0) is 19.9. The maximum atomic E-state index is 13.5. The third-order valence-corrected chi connectivity index (χ3v) is 4.80. The van der Waals surface area contributed by atoms with E-state index >= 15 is 0 Å². The number of rotatable bonds is 8. The van der Waals surface area contributed by atoms with Gasteiger partial charge in [0.2, 0.25) is 0 Å². The van der Waals surface area contributed by atoms with Gasteiger partial charge in [-0.05, 0) is 55.0 Å². The normalized spacial score (nSPS) is 13.6. The number of benzene rings is 2. The summed E-state index contributed by atoms with van der Waals surface area (Å²) in [6.07, 6.45) is 2.52. The van der Waals surface area contributed by atoms with Crippen LogP contribution in [0.2, 0.25) is 0 Å². The highest BCUT2D eigenvalue weighted by atomic mass is 127. The van der Waals surface area contributed by atoms with Crippen molar-refractivity contribution in [3.63, 3.8) is 0 Å². The molecule has 3 N–H and O–H groups in total. The van der Waals surface area contributed by atoms with Crippen LogP contribution in [0, 0.1) is 18.7 Å². The Balaban J connectivity index is 0.00000300. The highest BCUT2D eigenvalue weighted by Gasteiger charge is 2.22. The number of hydrogen-bond acceptors (Lipinski definition) is 3. The summed E-state index contributed by atoms with van der Waals surface area (Å²) in [5, 5.41) is 15.7. The molecule has 1 saturated carbocycles. The highest BCUT2D eigenvalue weighted by molar-refractivity contribution is 14.0. The summed E-state index contributed by atoms with van der Waals surface area (Å²) in [7, 11) is 1.71. The lowest BCUT2D eigenvalue weighted by Crippen LogP contribution is -2.36. The molecule has 29 heavy (non-hydrogen) atoms. The van der Waals surface area contributed by atoms with Gasteiger partial charge in [0.05, 0.1) is 13.2 Å². The summed E-state index contributed by atoms with van der Waals surface area (Å²) >= 11 is 0. The first kappa shape index (κ1) is 23.4. The SMILES string of the molecule is CN=C(NCc1ccc(F)c(CO)c1)NCc1ccc(C)cc1OCC1CC1.I. The van der Waals surface area contributed by atoms with Gasteiger partial charge in [-0.2, -0.15) is 0 Å². The molecule has 7 heteroatoms. The number of ether oxygens (including phenoxy) is 1. The van der Waals surface area contributed by atoms with Gasteiger partial charge < -0.3 is 20.5 Å². The van der Waals surface area contributed by atoms with Crippen molar-refractivity contribution in [1.29, 1.82) is 0 Å². The predicted octanol–water partition coefficient (Wildman–Crippen LogP) is 3.90. The number of aliphatic imine (C=N–C) groups is 1. The number of aliphatic hydroxyl groups is 1. The van der Waals surface area contributed by atoms with E-state index in [-0.39, 0.29) is 30.6 Å². The molecule has 0 spiro atoms. The Morgan fingerprint density at radius 3 is 2.59 bits per heavy atom. The van der Waals surface area contributed by atoms with Gasteiger partial charge >= 0.3 is 0 Å². The molecule has 3 rings (SSSR count). The summed E-state index contributed by atoms with van der Waals surface area (Å²) < 4.78 is 19.5. The van der Waals surface area contributed by atoms with Crippen LogP contribution in [0.25, 0.3) is 0 Å². The summed E-state index contributed by atoms with van der Waals surface area (Å²) in [6, 6.07) is 10.9. The first-order valence-electron chi connectivity index (χ1n) is 9.64. The van der Waals surface area contributed by atoms with Crippen LogP contribution in [-0.4, -0.2) is 24.7 Å². The molecule has 0 atom stereocenters. The van der Waals surface area contributed by atoms with E-state index in [1.807, 2.05) is 0 Å². The molecule has 0 unspecified atom stereocenters. The minimum atomic E-state index is -0.396. The molecular formula is C22H29FIN3O2. The van der Waals surface area contributed by atoms with Gasteiger partial charge in [-0.3, -0.25) is 4.99 Å². The van der Waals surface area contributed by atoms with Crippen molar-refractivity contribution < 1.29 is 14.2 Å². The molecule has 158 valence electrons. The van der Waals surface area contributed by atoms with Crippen molar-refractivity contribution in [1.82, 2.24) is 10.6 Å². The molecule has 0 saturated heterocycles. The Morgan fingerprint density at radius 1 is 1.14 bits per heavy atom. The van der Waals surface area contributed by atoms with E-state index < -0.39 is 5.82 Å². The lowest BCUT2D eigenvalue weighted by Gasteiger charge is -2.16. The highest BCUT2D eigenvalue weighted by Crippen LogP contribution is 2.30. The number of halogens is 2. The maximum absolute atomic E-state index is 13.5. The average Bonchev–Trinajstić information content (AvgIpc) is 3.53. The number of hydrogen-bond donors (Lipinski definition) is 3. The molecule has 0 amide bonds. The topological polar surface area (TPSA) is 65.9 Å². The quantitative estimate of drug-likeness (QED) is 0.285. The van der Waals surface area contributed by atoms with Crippen LogP contribution in [0.1, 0.15) is 35.1 Å². The molecule has 5 nitrogen and oxygen atoms in total. The molecule has 0 aromatic heterocycles. The van der Waals surface area contributed by atoms with Gasteiger partial charge in [-0.25, -0.2) is 4.39 Å². The van der Waals surface area contributed by atoms with Gasteiger partial charge in [-0.1, -0.05) is 18.2 Å². The van der Waals surface area contributed by atoms with Crippen molar-refractivity contribution in [3.8, 4) is 5.75 Å². The zero-order valence-electron chi connectivity index (χ0n) is 16.9. The van der Waals surface area contributed by atoms with Crippen molar-refractivity contribution >= 4 is 29.9 Å². The fourth-order valence-corrected chi connectivity index (χ4v) is 2.88. The fourth-order valence-electron chi connectivity index (χ4n) is 2.88. The Hall–Kier alpha value is -1.87. The smallest absolute Gasteiger partial charge is 0.191 e. The van der Waals surface area contributed by atoms with E-state index in [9.17, 15) is 9.50 Å². The number of aryl methyl sites for hydroxylation is 1. The van der Waals surface area contributed by atoms with Crippen LogP contribution in [-0.2, 0) is 19.7 Å². The molecule has 2 aromatic carbocycles. The number of nitrogens with one attached hydrogen (secondary N) is 2. The van der Waals surface area contributed by atoms with Crippen LogP contribution < -0.4 is 15.4 Å². The fraction of sp³-hybridized carbons (Fsp3) is 0.409. The summed E-state index contributed by atoms with van der Waals surface area (Å²) in [6.45, 7) is 3.59. The van der Waals surface area contributed by atoms with Crippen LogP contribution in [0.3, 0.4) is 0 Å². The van der Waals surface area contributed by atoms with Gasteiger partial charge in [0.1, 0.15) is 11.6 Å². The van der Waals surface area contributed by atoms with E-state index in [0.29, 0.717) is 30.5 Å². The van der Waals surface area contributed by atoms with Crippen molar-refractivity contribution in [2.24, 2.45) is 10.9 Å². The summed E-state index contributed by atoms with van der Waals surface area (Å²) in [4.78, 5) is 4.24. The molecule has 0 heterocycles. The molecule has 0 bridgehead atoms. The first-order chi connectivity index (χ1) is 13.6. The Kier molecular flexibility index (Phi) is 9.16. The van der Waals surface area contributed by atoms with Crippen molar-refractivity contribution in [3.05, 3.63) is 64.5 Å². The van der Waals surface area contributed by atoms with E-state index in [1.165, 1.54) is 24.5 Å². The van der Waals surface area contributed by atoms with E-state index in [1.54, 1.807) is 19.2 Å². The van der Waals surface area contributed by atoms with Gasteiger partial charge in [0.15, 0.2) is 5.96 Å². The number of guanidine groups is 1. The third kappa shape index (κ3) is 7.15. The minimum Gasteiger partial charge on any atom is -0.493 e. The summed E-state index contributed by atoms with van der Waals surface area (Å²) in [5.41, 5.74) is 3.42. The van der Waals surface area contributed by atoms with Gasteiger partial charge in [0.25, 0.3) is 0 Å². The minimum absolute atomic E-state index is 0. The molecule has 1 aliphatic carbocycles. The van der Waals surface area contributed by atoms with Crippen LogP contribution >= 0.6 is 24.0 Å². The lowest BCUT2D eigenvalue weighted by molar-refractivity contribution is 0.275. The van der Waals surface area contributed by atoms with Gasteiger partial charge in [0, 0.05) is 31.3 Å². The van der Waals surface area contributed by atoms with E-state index in [4.69, 9.17) is 4.74 Å². The first-order valence-corrected chi connectivity index (χ1v) is 9.64. The zero-order valence-corrected chi connectivity index (χ0v) is 19.2. The van der Waals surface area contributed by atoms with Gasteiger partial charge in [-0.15, -0.1) is 24.0 Å². The molecule has 1 aliphatic rings. The molecular weight excluding hydrogens is 484 g/mol. The Bertz CT molecular complexity index is 841. The maximum Gasteiger partial charge on any atom is 0.191 e. The van der Waals surface area contributed by atoms with Crippen LogP contribution in [0.15, 0.2) is 41.4 Å². The average molecular weight is 513 g/mol. The van der Waals surface area contributed by atoms with E-state index in [2.05, 4.69) is 40.7 Å². The largest absolute Gasteiger partial charge is 0.493 e. The number of nitrogens with zero attached hydrogens (tertiary/aromatic N) is 1. The van der Waals surface area contributed by atoms with Crippen molar-refractivity contribution in [2.75, 3.05) is 13.7 Å². The lowest BCUT2D eigenvalue weighted by atomic mass is 10.1. The monoisotopic (exact) mass is 513 g/mol. The standard InChI is InChI=1S/C22H28FN3O2.HI/c1-15-3-7-18(21(9-15)28-14-16-4-5-16)12-26-22(24-2)25-11-17-6-8-20(23)19(10-17)13-27;/h3,6-10,16,27H,4-5,11-14H2,1-2H3,(H2,24,25,26);1H. The number of aliphatic hydroxyl groups excluding tert-OH is 1.